The van der Waals surface area contributed by atoms with Crippen LogP contribution in [0.5, 0.6) is 17.2 Å². The molecular formula is C20H32NO5+. The largest absolute Gasteiger partial charge is 0.493 e. The number of esters is 1. The standard InChI is InChI=1S/C20H31NO5/c1-13-8-7-9-14(2)21(13)12-15(3)26-20(22)16-10-17(23-4)19(25-6)18(11-16)24-5/h10-11,13-15H,7-9,12H2,1-6H3/p+1. The van der Waals surface area contributed by atoms with E-state index < -0.39 is 0 Å². The van der Waals surface area contributed by atoms with Crippen LogP contribution in [-0.4, -0.2) is 52.0 Å². The van der Waals surface area contributed by atoms with Crippen LogP contribution in [0.2, 0.25) is 0 Å². The summed E-state index contributed by atoms with van der Waals surface area (Å²) in [6, 6.07) is 4.44. The molecule has 1 aromatic rings. The lowest BCUT2D eigenvalue weighted by atomic mass is 9.97. The highest BCUT2D eigenvalue weighted by molar-refractivity contribution is 5.91. The second-order valence-electron chi connectivity index (χ2n) is 7.14. The van der Waals surface area contributed by atoms with E-state index in [2.05, 4.69) is 13.8 Å². The lowest BCUT2D eigenvalue weighted by molar-refractivity contribution is -0.953. The molecule has 0 bridgehead atoms. The molecule has 0 amide bonds. The third-order valence-electron chi connectivity index (χ3n) is 5.27. The van der Waals surface area contributed by atoms with Crippen molar-refractivity contribution in [1.82, 2.24) is 0 Å². The van der Waals surface area contributed by atoms with Crippen molar-refractivity contribution in [3.05, 3.63) is 17.7 Å². The average molecular weight is 366 g/mol. The molecule has 0 aromatic heterocycles. The van der Waals surface area contributed by atoms with Gasteiger partial charge in [0.2, 0.25) is 5.75 Å². The Morgan fingerprint density at radius 1 is 1.08 bits per heavy atom. The van der Waals surface area contributed by atoms with Crippen molar-refractivity contribution in [1.29, 1.82) is 0 Å². The molecule has 2 rings (SSSR count). The van der Waals surface area contributed by atoms with Crippen LogP contribution in [0.25, 0.3) is 0 Å². The predicted molar refractivity (Wildman–Crippen MR) is 99.6 cm³/mol. The number of methoxy groups -OCH3 is 3. The number of hydrogen-bond donors (Lipinski definition) is 1. The lowest BCUT2D eigenvalue weighted by Gasteiger charge is -2.37. The summed E-state index contributed by atoms with van der Waals surface area (Å²) in [4.78, 5) is 14.1. The molecule has 6 nitrogen and oxygen atoms in total. The van der Waals surface area contributed by atoms with Crippen LogP contribution in [-0.2, 0) is 4.74 Å². The Bertz CT molecular complexity index is 583. The molecule has 26 heavy (non-hydrogen) atoms. The fraction of sp³-hybridized carbons (Fsp3) is 0.650. The minimum Gasteiger partial charge on any atom is -0.493 e. The molecule has 3 unspecified atom stereocenters. The van der Waals surface area contributed by atoms with Crippen LogP contribution in [0.4, 0.5) is 0 Å². The van der Waals surface area contributed by atoms with E-state index in [9.17, 15) is 4.79 Å². The molecule has 1 aliphatic heterocycles. The Hall–Kier alpha value is -1.95. The topological polar surface area (TPSA) is 58.4 Å². The second kappa shape index (κ2) is 9.12. The monoisotopic (exact) mass is 366 g/mol. The van der Waals surface area contributed by atoms with Crippen LogP contribution in [0.1, 0.15) is 50.4 Å². The van der Waals surface area contributed by atoms with E-state index in [1.165, 1.54) is 45.5 Å². The SMILES string of the molecule is COc1cc(C(=O)OC(C)C[NH+]2C(C)CCCC2C)cc(OC)c1OC. The number of ether oxygens (including phenoxy) is 4. The zero-order valence-corrected chi connectivity index (χ0v) is 16.8. The number of nitrogens with one attached hydrogen (secondary N) is 1. The molecule has 1 saturated heterocycles. The van der Waals surface area contributed by atoms with Gasteiger partial charge >= 0.3 is 5.97 Å². The number of likely N-dealkylation sites (tertiary alicyclic amines) is 1. The van der Waals surface area contributed by atoms with Gasteiger partial charge in [0.25, 0.3) is 0 Å². The van der Waals surface area contributed by atoms with Gasteiger partial charge in [-0.2, -0.15) is 0 Å². The molecule has 1 aromatic carbocycles. The van der Waals surface area contributed by atoms with Crippen LogP contribution in [0.3, 0.4) is 0 Å². The summed E-state index contributed by atoms with van der Waals surface area (Å²) in [5, 5.41) is 0. The Kier molecular flexibility index (Phi) is 7.14. The molecule has 146 valence electrons. The number of carbonyl (C=O) groups excluding carboxylic acids is 1. The molecular weight excluding hydrogens is 334 g/mol. The highest BCUT2D eigenvalue weighted by Gasteiger charge is 2.31. The van der Waals surface area contributed by atoms with Gasteiger partial charge in [-0.15, -0.1) is 0 Å². The maximum Gasteiger partial charge on any atom is 0.338 e. The van der Waals surface area contributed by atoms with E-state index in [0.717, 1.165) is 6.54 Å². The molecule has 0 saturated carbocycles. The van der Waals surface area contributed by atoms with Crippen LogP contribution in [0.15, 0.2) is 12.1 Å². The van der Waals surface area contributed by atoms with Crippen molar-refractivity contribution in [2.24, 2.45) is 0 Å². The second-order valence-corrected chi connectivity index (χ2v) is 7.14. The van der Waals surface area contributed by atoms with E-state index in [4.69, 9.17) is 18.9 Å². The summed E-state index contributed by atoms with van der Waals surface area (Å²) < 4.78 is 21.6. The first-order valence-corrected chi connectivity index (χ1v) is 9.27. The zero-order valence-electron chi connectivity index (χ0n) is 16.8. The van der Waals surface area contributed by atoms with Gasteiger partial charge in [-0.1, -0.05) is 0 Å². The third kappa shape index (κ3) is 4.61. The number of quaternary nitrogens is 1. The summed E-state index contributed by atoms with van der Waals surface area (Å²) >= 11 is 0. The van der Waals surface area contributed by atoms with Crippen molar-refractivity contribution >= 4 is 5.97 Å². The van der Waals surface area contributed by atoms with Crippen LogP contribution < -0.4 is 19.1 Å². The van der Waals surface area contributed by atoms with Crippen molar-refractivity contribution in [3.8, 4) is 17.2 Å². The summed E-state index contributed by atoms with van der Waals surface area (Å²) in [6.45, 7) is 7.33. The van der Waals surface area contributed by atoms with Crippen molar-refractivity contribution in [2.75, 3.05) is 27.9 Å². The summed E-state index contributed by atoms with van der Waals surface area (Å²) in [6.07, 6.45) is 3.57. The van der Waals surface area contributed by atoms with E-state index in [0.29, 0.717) is 34.9 Å². The quantitative estimate of drug-likeness (QED) is 0.749. The summed E-state index contributed by atoms with van der Waals surface area (Å²) in [5.41, 5.74) is 0.390. The normalized spacial score (nSPS) is 23.8. The number of hydrogen-bond acceptors (Lipinski definition) is 5. The van der Waals surface area contributed by atoms with Crippen LogP contribution >= 0.6 is 0 Å². The first kappa shape index (κ1) is 20.4. The summed E-state index contributed by atoms with van der Waals surface area (Å²) in [7, 11) is 4.58. The summed E-state index contributed by atoms with van der Waals surface area (Å²) in [5.74, 6) is 0.958. The van der Waals surface area contributed by atoms with Gasteiger partial charge in [0, 0.05) is 0 Å². The van der Waals surface area contributed by atoms with Crippen molar-refractivity contribution in [2.45, 2.75) is 58.2 Å². The fourth-order valence-electron chi connectivity index (χ4n) is 3.81. The fourth-order valence-corrected chi connectivity index (χ4v) is 3.81. The Morgan fingerprint density at radius 2 is 1.62 bits per heavy atom. The Labute approximate surface area is 156 Å². The molecule has 0 spiro atoms. The molecule has 1 fully saturated rings. The molecule has 1 heterocycles. The Balaban J connectivity index is 2.09. The molecule has 1 N–H and O–H groups in total. The molecule has 6 heteroatoms. The highest BCUT2D eigenvalue weighted by Crippen LogP contribution is 2.38. The Morgan fingerprint density at radius 3 is 2.08 bits per heavy atom. The number of carbonyl (C=O) groups is 1. The van der Waals surface area contributed by atoms with E-state index in [-0.39, 0.29) is 12.1 Å². The average Bonchev–Trinajstić information content (AvgIpc) is 2.63. The molecule has 0 aliphatic carbocycles. The van der Waals surface area contributed by atoms with Crippen molar-refractivity contribution < 1.29 is 28.6 Å². The third-order valence-corrected chi connectivity index (χ3v) is 5.27. The van der Waals surface area contributed by atoms with Gasteiger partial charge in [0.15, 0.2) is 11.5 Å². The number of rotatable bonds is 7. The molecule has 1 aliphatic rings. The lowest BCUT2D eigenvalue weighted by Crippen LogP contribution is -3.20. The minimum atomic E-state index is -0.381. The highest BCUT2D eigenvalue weighted by atomic mass is 16.5. The molecule has 0 radical (unpaired) electrons. The number of benzene rings is 1. The van der Waals surface area contributed by atoms with Crippen molar-refractivity contribution in [3.63, 3.8) is 0 Å². The predicted octanol–water partition coefficient (Wildman–Crippen LogP) is 2.10. The smallest absolute Gasteiger partial charge is 0.338 e. The van der Waals surface area contributed by atoms with Gasteiger partial charge in [-0.25, -0.2) is 4.79 Å². The molecule has 3 atom stereocenters. The van der Waals surface area contributed by atoms with E-state index >= 15 is 0 Å². The number of piperidine rings is 1. The van der Waals surface area contributed by atoms with Crippen LogP contribution in [0, 0.1) is 0 Å². The first-order chi connectivity index (χ1) is 12.4. The zero-order chi connectivity index (χ0) is 19.3. The van der Waals surface area contributed by atoms with Gasteiger partial charge in [-0.05, 0) is 52.2 Å². The minimum absolute atomic E-state index is 0.167. The van der Waals surface area contributed by atoms with Gasteiger partial charge in [0.1, 0.15) is 12.6 Å². The van der Waals surface area contributed by atoms with E-state index in [1.54, 1.807) is 12.1 Å². The first-order valence-electron chi connectivity index (χ1n) is 9.27. The maximum absolute atomic E-state index is 12.6. The van der Waals surface area contributed by atoms with Gasteiger partial charge < -0.3 is 23.8 Å². The van der Waals surface area contributed by atoms with Gasteiger partial charge in [-0.3, -0.25) is 0 Å². The maximum atomic E-state index is 12.6. The van der Waals surface area contributed by atoms with E-state index in [1.807, 2.05) is 6.92 Å². The van der Waals surface area contributed by atoms with Gasteiger partial charge in [0.05, 0.1) is 39.0 Å².